The lowest BCUT2D eigenvalue weighted by Gasteiger charge is -2.20. The number of rotatable bonds is 4. The van der Waals surface area contributed by atoms with Crippen LogP contribution in [0, 0.1) is 6.92 Å². The topological polar surface area (TPSA) is 63.4 Å². The van der Waals surface area contributed by atoms with Crippen LogP contribution >= 0.6 is 11.6 Å². The first-order valence-electron chi connectivity index (χ1n) is 6.39. The lowest BCUT2D eigenvalue weighted by atomic mass is 10.1. The molecule has 2 rings (SSSR count). The maximum Gasteiger partial charge on any atom is 0.246 e. The van der Waals surface area contributed by atoms with E-state index in [1.54, 1.807) is 6.07 Å². The van der Waals surface area contributed by atoms with E-state index in [0.29, 0.717) is 0 Å². The molecule has 0 amide bonds. The van der Waals surface area contributed by atoms with Gasteiger partial charge in [0.25, 0.3) is 0 Å². The highest BCUT2D eigenvalue weighted by molar-refractivity contribution is 7.89. The molecule has 2 N–H and O–H groups in total. The second-order valence-electron chi connectivity index (χ2n) is 4.85. The molecule has 6 heteroatoms. The first kappa shape index (κ1) is 15.8. The van der Waals surface area contributed by atoms with Crippen molar-refractivity contribution in [3.63, 3.8) is 0 Å². The molecule has 2 aromatic carbocycles. The average Bonchev–Trinajstić information content (AvgIpc) is 2.40. The van der Waals surface area contributed by atoms with Crippen molar-refractivity contribution in [3.05, 3.63) is 58.6 Å². The van der Waals surface area contributed by atoms with Crippen LogP contribution in [0.4, 0.5) is 5.69 Å². The molecular weight excluding hydrogens is 308 g/mol. The molecule has 21 heavy (non-hydrogen) atoms. The summed E-state index contributed by atoms with van der Waals surface area (Å²) in [6.45, 7) is 2.21. The molecule has 4 nitrogen and oxygen atoms in total. The van der Waals surface area contributed by atoms with Gasteiger partial charge in [-0.1, -0.05) is 41.9 Å². The Balaban J connectivity index is 2.38. The average molecular weight is 325 g/mol. The van der Waals surface area contributed by atoms with Crippen molar-refractivity contribution >= 4 is 27.3 Å². The number of sulfonamides is 1. The van der Waals surface area contributed by atoms with Gasteiger partial charge in [-0.2, -0.15) is 4.31 Å². The zero-order valence-corrected chi connectivity index (χ0v) is 13.4. The van der Waals surface area contributed by atoms with Crippen LogP contribution in [0.5, 0.6) is 0 Å². The van der Waals surface area contributed by atoms with Gasteiger partial charge in [0.2, 0.25) is 10.0 Å². The van der Waals surface area contributed by atoms with E-state index in [2.05, 4.69) is 0 Å². The molecule has 2 aromatic rings. The number of nitrogen functional groups attached to an aromatic ring is 1. The summed E-state index contributed by atoms with van der Waals surface area (Å²) >= 11 is 6.01. The normalized spacial score (nSPS) is 11.8. The second kappa shape index (κ2) is 6.05. The van der Waals surface area contributed by atoms with Gasteiger partial charge in [0, 0.05) is 13.6 Å². The Morgan fingerprint density at radius 1 is 1.14 bits per heavy atom. The first-order valence-corrected chi connectivity index (χ1v) is 8.20. The number of benzene rings is 2. The van der Waals surface area contributed by atoms with Crippen molar-refractivity contribution in [2.24, 2.45) is 0 Å². The Hall–Kier alpha value is -1.56. The van der Waals surface area contributed by atoms with Crippen LogP contribution in [-0.2, 0) is 16.6 Å². The van der Waals surface area contributed by atoms with Crippen LogP contribution in [0.2, 0.25) is 5.02 Å². The molecular formula is C15H17ClN2O2S. The third-order valence-electron chi connectivity index (χ3n) is 3.32. The molecule has 0 fully saturated rings. The summed E-state index contributed by atoms with van der Waals surface area (Å²) in [5, 5.41) is 0.131. The van der Waals surface area contributed by atoms with Gasteiger partial charge in [-0.3, -0.25) is 0 Å². The molecule has 112 valence electrons. The predicted molar refractivity (Wildman–Crippen MR) is 85.7 cm³/mol. The third-order valence-corrected chi connectivity index (χ3v) is 5.67. The number of aryl methyl sites for hydroxylation is 1. The number of hydrogen-bond acceptors (Lipinski definition) is 3. The van der Waals surface area contributed by atoms with Crippen LogP contribution in [0.25, 0.3) is 0 Å². The van der Waals surface area contributed by atoms with Crippen molar-refractivity contribution in [1.82, 2.24) is 4.31 Å². The van der Waals surface area contributed by atoms with E-state index in [1.165, 1.54) is 23.5 Å². The van der Waals surface area contributed by atoms with E-state index in [4.69, 9.17) is 17.3 Å². The van der Waals surface area contributed by atoms with Gasteiger partial charge in [0.05, 0.1) is 10.7 Å². The Labute approximate surface area is 130 Å². The van der Waals surface area contributed by atoms with Crippen molar-refractivity contribution in [2.75, 3.05) is 12.8 Å². The van der Waals surface area contributed by atoms with Gasteiger partial charge in [-0.25, -0.2) is 8.42 Å². The SMILES string of the molecule is Cc1ccccc1CN(C)S(=O)(=O)c1c(N)cccc1Cl. The summed E-state index contributed by atoms with van der Waals surface area (Å²) in [5.41, 5.74) is 7.90. The summed E-state index contributed by atoms with van der Waals surface area (Å²) in [6.07, 6.45) is 0. The van der Waals surface area contributed by atoms with Crippen LogP contribution in [0.15, 0.2) is 47.4 Å². The molecule has 0 spiro atoms. The number of nitrogens with zero attached hydrogens (tertiary/aromatic N) is 1. The molecule has 0 aliphatic carbocycles. The molecule has 0 aliphatic heterocycles. The van der Waals surface area contributed by atoms with Crippen LogP contribution in [-0.4, -0.2) is 19.8 Å². The minimum absolute atomic E-state index is 0.0391. The molecule has 0 saturated heterocycles. The number of nitrogens with two attached hydrogens (primary N) is 1. The lowest BCUT2D eigenvalue weighted by molar-refractivity contribution is 0.466. The minimum atomic E-state index is -3.74. The van der Waals surface area contributed by atoms with E-state index in [1.807, 2.05) is 31.2 Å². The molecule has 0 saturated carbocycles. The highest BCUT2D eigenvalue weighted by Crippen LogP contribution is 2.30. The Bertz CT molecular complexity index is 740. The summed E-state index contributed by atoms with van der Waals surface area (Å²) < 4.78 is 26.6. The summed E-state index contributed by atoms with van der Waals surface area (Å²) in [5.74, 6) is 0. The molecule has 0 aliphatic rings. The summed E-state index contributed by atoms with van der Waals surface area (Å²) in [6, 6.07) is 12.3. The highest BCUT2D eigenvalue weighted by Gasteiger charge is 2.26. The van der Waals surface area contributed by atoms with E-state index in [9.17, 15) is 8.42 Å². The maximum absolute atomic E-state index is 12.7. The molecule has 0 atom stereocenters. The second-order valence-corrected chi connectivity index (χ2v) is 7.23. The van der Waals surface area contributed by atoms with E-state index >= 15 is 0 Å². The van der Waals surface area contributed by atoms with Gasteiger partial charge in [0.1, 0.15) is 4.90 Å². The van der Waals surface area contributed by atoms with Crippen molar-refractivity contribution in [3.8, 4) is 0 Å². The Morgan fingerprint density at radius 2 is 1.81 bits per heavy atom. The standard InChI is InChI=1S/C15H17ClN2O2S/c1-11-6-3-4-7-12(11)10-18(2)21(19,20)15-13(16)8-5-9-14(15)17/h3-9H,10,17H2,1-2H3. The maximum atomic E-state index is 12.7. The number of halogens is 1. The molecule has 0 bridgehead atoms. The summed E-state index contributed by atoms with van der Waals surface area (Å²) in [4.78, 5) is -0.0391. The van der Waals surface area contributed by atoms with Crippen molar-refractivity contribution in [1.29, 1.82) is 0 Å². The zero-order chi connectivity index (χ0) is 15.6. The lowest BCUT2D eigenvalue weighted by Crippen LogP contribution is -2.27. The van der Waals surface area contributed by atoms with E-state index in [-0.39, 0.29) is 22.2 Å². The Morgan fingerprint density at radius 3 is 2.43 bits per heavy atom. The molecule has 0 radical (unpaired) electrons. The fraction of sp³-hybridized carbons (Fsp3) is 0.200. The van der Waals surface area contributed by atoms with E-state index in [0.717, 1.165) is 11.1 Å². The largest absolute Gasteiger partial charge is 0.398 e. The number of hydrogen-bond donors (Lipinski definition) is 1. The van der Waals surface area contributed by atoms with Gasteiger partial charge >= 0.3 is 0 Å². The smallest absolute Gasteiger partial charge is 0.246 e. The highest BCUT2D eigenvalue weighted by atomic mass is 35.5. The molecule has 0 unspecified atom stereocenters. The van der Waals surface area contributed by atoms with Crippen molar-refractivity contribution < 1.29 is 8.42 Å². The zero-order valence-electron chi connectivity index (χ0n) is 11.9. The minimum Gasteiger partial charge on any atom is -0.398 e. The fourth-order valence-corrected chi connectivity index (χ4v) is 3.84. The fourth-order valence-electron chi connectivity index (χ4n) is 2.07. The van der Waals surface area contributed by atoms with Gasteiger partial charge < -0.3 is 5.73 Å². The van der Waals surface area contributed by atoms with Crippen LogP contribution < -0.4 is 5.73 Å². The predicted octanol–water partition coefficient (Wildman–Crippen LogP) is 3.05. The van der Waals surface area contributed by atoms with E-state index < -0.39 is 10.0 Å². The van der Waals surface area contributed by atoms with Crippen LogP contribution in [0.1, 0.15) is 11.1 Å². The van der Waals surface area contributed by atoms with Crippen molar-refractivity contribution in [2.45, 2.75) is 18.4 Å². The van der Waals surface area contributed by atoms with Crippen LogP contribution in [0.3, 0.4) is 0 Å². The van der Waals surface area contributed by atoms with Gasteiger partial charge in [-0.15, -0.1) is 0 Å². The molecule has 0 heterocycles. The number of anilines is 1. The Kier molecular flexibility index (Phi) is 4.56. The molecule has 0 aromatic heterocycles. The summed E-state index contributed by atoms with van der Waals surface area (Å²) in [7, 11) is -2.22. The van der Waals surface area contributed by atoms with Gasteiger partial charge in [0.15, 0.2) is 0 Å². The van der Waals surface area contributed by atoms with Gasteiger partial charge in [-0.05, 0) is 30.2 Å². The third kappa shape index (κ3) is 3.20. The quantitative estimate of drug-likeness (QED) is 0.879. The first-order chi connectivity index (χ1) is 9.84. The monoisotopic (exact) mass is 324 g/mol.